The van der Waals surface area contributed by atoms with Crippen molar-refractivity contribution >= 4 is 21.4 Å². The van der Waals surface area contributed by atoms with Crippen LogP contribution in [0.4, 0.5) is 0 Å². The van der Waals surface area contributed by atoms with E-state index in [1.807, 2.05) is 0 Å². The maximum absolute atomic E-state index is 12.0. The van der Waals surface area contributed by atoms with Crippen LogP contribution in [0.2, 0.25) is 5.15 Å². The number of nitrogens with zero attached hydrogens (tertiary/aromatic N) is 3. The summed E-state index contributed by atoms with van der Waals surface area (Å²) in [4.78, 5) is 7.67. The molecule has 0 atom stereocenters. The first-order valence-corrected chi connectivity index (χ1v) is 7.41. The lowest BCUT2D eigenvalue weighted by molar-refractivity contribution is -0.595. The van der Waals surface area contributed by atoms with Gasteiger partial charge in [-0.05, 0) is 6.07 Å². The fraction of sp³-hybridized carbons (Fsp3) is 0.182. The molecule has 100 valence electrons. The molecule has 0 aliphatic carbocycles. The van der Waals surface area contributed by atoms with E-state index in [2.05, 4.69) is 9.97 Å². The van der Waals surface area contributed by atoms with E-state index < -0.39 is 9.84 Å². The van der Waals surface area contributed by atoms with Crippen molar-refractivity contribution in [2.24, 2.45) is 0 Å². The highest BCUT2D eigenvalue weighted by Crippen LogP contribution is 2.22. The van der Waals surface area contributed by atoms with Gasteiger partial charge in [-0.25, -0.2) is 18.4 Å². The number of rotatable bonds is 3. The van der Waals surface area contributed by atoms with Gasteiger partial charge in [-0.3, -0.25) is 0 Å². The first-order valence-electron chi connectivity index (χ1n) is 5.38. The van der Waals surface area contributed by atoms with Crippen LogP contribution in [0.1, 0.15) is 6.92 Å². The molecule has 0 N–H and O–H groups in total. The Morgan fingerprint density at radius 3 is 2.68 bits per heavy atom. The van der Waals surface area contributed by atoms with Crippen molar-refractivity contribution < 1.29 is 13.1 Å². The third-order valence-corrected chi connectivity index (χ3v) is 4.46. The number of sulfone groups is 1. The minimum absolute atomic E-state index is 0.0477. The summed E-state index contributed by atoms with van der Waals surface area (Å²) in [5.41, 5.74) is 0.112. The van der Waals surface area contributed by atoms with Gasteiger partial charge in [-0.1, -0.05) is 18.5 Å². The molecule has 0 aromatic carbocycles. The van der Waals surface area contributed by atoms with E-state index in [0.29, 0.717) is 4.73 Å². The van der Waals surface area contributed by atoms with Crippen molar-refractivity contribution in [3.8, 4) is 11.4 Å². The van der Waals surface area contributed by atoms with Crippen LogP contribution < -0.4 is 4.73 Å². The zero-order valence-electron chi connectivity index (χ0n) is 9.95. The summed E-state index contributed by atoms with van der Waals surface area (Å²) in [6.45, 7) is 1.51. The number of hydrogen-bond donors (Lipinski definition) is 0. The van der Waals surface area contributed by atoms with Crippen molar-refractivity contribution in [2.45, 2.75) is 11.8 Å². The van der Waals surface area contributed by atoms with Crippen LogP contribution in [0.3, 0.4) is 0 Å². The Kier molecular flexibility index (Phi) is 3.68. The molecule has 0 aliphatic rings. The molecule has 2 aromatic rings. The van der Waals surface area contributed by atoms with Crippen molar-refractivity contribution in [3.63, 3.8) is 0 Å². The molecule has 2 aromatic heterocycles. The van der Waals surface area contributed by atoms with Crippen molar-refractivity contribution in [2.75, 3.05) is 5.75 Å². The Hall–Kier alpha value is -1.73. The minimum atomic E-state index is -3.53. The van der Waals surface area contributed by atoms with Gasteiger partial charge in [-0.15, -0.1) is 0 Å². The molecular formula is C11H10ClN3O3S. The predicted octanol–water partition coefficient (Wildman–Crippen LogP) is 1.22. The first-order chi connectivity index (χ1) is 8.95. The number of aromatic nitrogens is 3. The third kappa shape index (κ3) is 2.66. The van der Waals surface area contributed by atoms with Crippen molar-refractivity contribution in [1.29, 1.82) is 0 Å². The summed E-state index contributed by atoms with van der Waals surface area (Å²) in [7, 11) is -3.53. The second-order valence-electron chi connectivity index (χ2n) is 3.67. The summed E-state index contributed by atoms with van der Waals surface area (Å²) in [6.07, 6.45) is 3.73. The Bertz CT molecular complexity index is 702. The van der Waals surface area contributed by atoms with E-state index in [1.165, 1.54) is 37.6 Å². The normalized spacial score (nSPS) is 11.5. The Morgan fingerprint density at radius 2 is 2.11 bits per heavy atom. The zero-order valence-corrected chi connectivity index (χ0v) is 11.5. The lowest BCUT2D eigenvalue weighted by atomic mass is 10.3. The molecule has 0 radical (unpaired) electrons. The zero-order chi connectivity index (χ0) is 14.0. The lowest BCUT2D eigenvalue weighted by Crippen LogP contribution is -2.31. The van der Waals surface area contributed by atoms with Crippen LogP contribution in [0, 0.1) is 5.21 Å². The highest BCUT2D eigenvalue weighted by Gasteiger charge is 2.25. The number of pyridine rings is 1. The Labute approximate surface area is 115 Å². The van der Waals surface area contributed by atoms with Gasteiger partial charge in [0, 0.05) is 6.07 Å². The lowest BCUT2D eigenvalue weighted by Gasteiger charge is -2.08. The largest absolute Gasteiger partial charge is 0.618 e. The number of halogens is 1. The molecule has 8 heteroatoms. The van der Waals surface area contributed by atoms with Gasteiger partial charge < -0.3 is 5.21 Å². The molecule has 0 bridgehead atoms. The average Bonchev–Trinajstić information content (AvgIpc) is 2.40. The van der Waals surface area contributed by atoms with Gasteiger partial charge in [0.2, 0.25) is 0 Å². The fourth-order valence-corrected chi connectivity index (χ4v) is 2.73. The Morgan fingerprint density at radius 1 is 1.37 bits per heavy atom. The van der Waals surface area contributed by atoms with Crippen LogP contribution in [0.25, 0.3) is 11.4 Å². The maximum Gasteiger partial charge on any atom is 0.262 e. The van der Waals surface area contributed by atoms with Crippen LogP contribution in [0.5, 0.6) is 0 Å². The predicted molar refractivity (Wildman–Crippen MR) is 69.2 cm³/mol. The van der Waals surface area contributed by atoms with Crippen molar-refractivity contribution in [3.05, 3.63) is 41.1 Å². The highest BCUT2D eigenvalue weighted by atomic mass is 35.5. The first kappa shape index (κ1) is 13.7. The summed E-state index contributed by atoms with van der Waals surface area (Å²) < 4.78 is 24.4. The van der Waals surface area contributed by atoms with Crippen LogP contribution in [0.15, 0.2) is 35.6 Å². The van der Waals surface area contributed by atoms with Gasteiger partial charge >= 0.3 is 0 Å². The molecular weight excluding hydrogens is 290 g/mol. The second-order valence-corrected chi connectivity index (χ2v) is 6.31. The van der Waals surface area contributed by atoms with Gasteiger partial charge in [-0.2, -0.15) is 4.73 Å². The second kappa shape index (κ2) is 5.10. The molecule has 19 heavy (non-hydrogen) atoms. The Balaban J connectivity index is 2.72. The third-order valence-electron chi connectivity index (χ3n) is 2.50. The average molecular weight is 300 g/mol. The summed E-state index contributed by atoms with van der Waals surface area (Å²) in [5, 5.41) is 12.0. The molecule has 2 heterocycles. The van der Waals surface area contributed by atoms with Gasteiger partial charge in [0.05, 0.1) is 18.1 Å². The topological polar surface area (TPSA) is 86.9 Å². The van der Waals surface area contributed by atoms with Crippen LogP contribution in [-0.4, -0.2) is 24.1 Å². The molecule has 0 saturated heterocycles. The monoisotopic (exact) mass is 299 g/mol. The van der Waals surface area contributed by atoms with E-state index >= 15 is 0 Å². The smallest absolute Gasteiger partial charge is 0.262 e. The van der Waals surface area contributed by atoms with Gasteiger partial charge in [0.15, 0.2) is 21.7 Å². The van der Waals surface area contributed by atoms with E-state index in [-0.39, 0.29) is 27.2 Å². The molecule has 0 amide bonds. The van der Waals surface area contributed by atoms with Crippen molar-refractivity contribution in [1.82, 2.24) is 9.97 Å². The molecule has 2 rings (SSSR count). The quantitative estimate of drug-likeness (QED) is 0.628. The minimum Gasteiger partial charge on any atom is -0.618 e. The van der Waals surface area contributed by atoms with Gasteiger partial charge in [0.1, 0.15) is 10.0 Å². The molecule has 0 spiro atoms. The fourth-order valence-electron chi connectivity index (χ4n) is 1.55. The SMILES string of the molecule is CCS(=O)(=O)c1ccc[n+]([O-])c1-c1cnc(Cl)cn1. The van der Waals surface area contributed by atoms with Crippen LogP contribution >= 0.6 is 11.6 Å². The van der Waals surface area contributed by atoms with E-state index in [1.54, 1.807) is 0 Å². The molecule has 0 saturated carbocycles. The number of hydrogen-bond acceptors (Lipinski definition) is 5. The van der Waals surface area contributed by atoms with Crippen LogP contribution in [-0.2, 0) is 9.84 Å². The maximum atomic E-state index is 12.0. The van der Waals surface area contributed by atoms with E-state index in [0.717, 1.165) is 0 Å². The summed E-state index contributed by atoms with van der Waals surface area (Å²) in [6, 6.07) is 2.75. The molecule has 0 unspecified atom stereocenters. The molecule has 6 nitrogen and oxygen atoms in total. The summed E-state index contributed by atoms with van der Waals surface area (Å²) >= 11 is 5.62. The highest BCUT2D eigenvalue weighted by molar-refractivity contribution is 7.91. The van der Waals surface area contributed by atoms with E-state index in [9.17, 15) is 13.6 Å². The standard InChI is InChI=1S/C11H10ClN3O3S/c1-2-19(17,18)9-4-3-5-15(16)11(9)8-6-14-10(12)7-13-8/h3-7H,2H2,1H3. The summed E-state index contributed by atoms with van der Waals surface area (Å²) in [5.74, 6) is -0.106. The molecule has 0 fully saturated rings. The van der Waals surface area contributed by atoms with Gasteiger partial charge in [0.25, 0.3) is 5.69 Å². The molecule has 0 aliphatic heterocycles. The van der Waals surface area contributed by atoms with E-state index in [4.69, 9.17) is 11.6 Å².